The molecule has 0 fully saturated rings. The average Bonchev–Trinajstić information content (AvgIpc) is 3.41. The van der Waals surface area contributed by atoms with Crippen LogP contribution >= 0.6 is 11.6 Å². The monoisotopic (exact) mass is 533 g/mol. The Morgan fingerprint density at radius 1 is 1.11 bits per heavy atom. The largest absolute Gasteiger partial charge is 0.574 e. The van der Waals surface area contributed by atoms with Crippen LogP contribution in [0.1, 0.15) is 18.7 Å². The lowest BCUT2D eigenvalue weighted by Crippen LogP contribution is -2.23. The van der Waals surface area contributed by atoms with E-state index in [4.69, 9.17) is 11.6 Å². The van der Waals surface area contributed by atoms with Crippen molar-refractivity contribution in [1.29, 1.82) is 0 Å². The van der Waals surface area contributed by atoms with Crippen LogP contribution in [0.4, 0.5) is 38.1 Å². The molecule has 0 aromatic carbocycles. The molecule has 0 aliphatic heterocycles. The van der Waals surface area contributed by atoms with Crippen molar-refractivity contribution < 1.29 is 36.2 Å². The Bertz CT molecular complexity index is 1380. The summed E-state index contributed by atoms with van der Waals surface area (Å²) in [7, 11) is 0. The van der Waals surface area contributed by atoms with Crippen LogP contribution in [0.2, 0.25) is 5.02 Å². The second-order valence-corrected chi connectivity index (χ2v) is 7.23. The molecule has 0 spiro atoms. The molecule has 2 N–H and O–H groups in total. The highest BCUT2D eigenvalue weighted by Crippen LogP contribution is 2.30. The van der Waals surface area contributed by atoms with E-state index in [0.29, 0.717) is 0 Å². The molecule has 190 valence electrons. The number of hydrogen-bond donors (Lipinski definition) is 2. The van der Waals surface area contributed by atoms with Gasteiger partial charge in [-0.2, -0.15) is 19.0 Å². The third kappa shape index (κ3) is 5.74. The SMILES string of the molecule is CC(OC(F)F)c1c(NC(=O)Nc2cnc(-n3nccn3)c(Cl)c2)cnc2cc(OC(F)(F)F)nn12. The van der Waals surface area contributed by atoms with Crippen LogP contribution in [-0.4, -0.2) is 53.6 Å². The first-order chi connectivity index (χ1) is 17.0. The first kappa shape index (κ1) is 25.0. The van der Waals surface area contributed by atoms with Gasteiger partial charge < -0.3 is 20.1 Å². The van der Waals surface area contributed by atoms with Gasteiger partial charge in [-0.25, -0.2) is 19.3 Å². The molecule has 0 saturated carbocycles. The zero-order valence-corrected chi connectivity index (χ0v) is 18.5. The van der Waals surface area contributed by atoms with Gasteiger partial charge in [-0.15, -0.1) is 23.1 Å². The van der Waals surface area contributed by atoms with Gasteiger partial charge in [-0.05, 0) is 13.0 Å². The molecule has 1 unspecified atom stereocenters. The van der Waals surface area contributed by atoms with Crippen LogP contribution in [0.5, 0.6) is 5.88 Å². The third-order valence-electron chi connectivity index (χ3n) is 4.35. The summed E-state index contributed by atoms with van der Waals surface area (Å²) in [5, 5.41) is 16.3. The van der Waals surface area contributed by atoms with Gasteiger partial charge in [-0.1, -0.05) is 11.6 Å². The molecule has 0 aliphatic rings. The smallest absolute Gasteiger partial charge is 0.386 e. The zero-order valence-electron chi connectivity index (χ0n) is 17.7. The molecule has 4 rings (SSSR count). The van der Waals surface area contributed by atoms with Gasteiger partial charge >= 0.3 is 19.0 Å². The Hall–Kier alpha value is -4.12. The van der Waals surface area contributed by atoms with E-state index in [2.05, 4.69) is 45.4 Å². The molecule has 2 amide bonds. The molecule has 4 heterocycles. The normalized spacial score (nSPS) is 12.7. The van der Waals surface area contributed by atoms with E-state index in [1.807, 2.05) is 0 Å². The zero-order chi connectivity index (χ0) is 26.0. The first-order valence-electron chi connectivity index (χ1n) is 9.68. The Kier molecular flexibility index (Phi) is 6.84. The first-order valence-corrected chi connectivity index (χ1v) is 10.1. The molecule has 0 aliphatic carbocycles. The predicted octanol–water partition coefficient (Wildman–Crippen LogP) is 4.20. The number of anilines is 2. The summed E-state index contributed by atoms with van der Waals surface area (Å²) >= 11 is 6.16. The molecule has 0 bridgehead atoms. The number of amides is 2. The maximum absolute atomic E-state index is 12.9. The maximum Gasteiger partial charge on any atom is 0.574 e. The van der Waals surface area contributed by atoms with Gasteiger partial charge in [0, 0.05) is 6.07 Å². The van der Waals surface area contributed by atoms with Crippen molar-refractivity contribution in [3.05, 3.63) is 47.6 Å². The fourth-order valence-corrected chi connectivity index (χ4v) is 3.30. The molecule has 0 saturated heterocycles. The topological polar surface area (TPSA) is 133 Å². The van der Waals surface area contributed by atoms with Crippen LogP contribution in [0.25, 0.3) is 11.5 Å². The van der Waals surface area contributed by atoms with E-state index < -0.39 is 31.0 Å². The fourth-order valence-electron chi connectivity index (χ4n) is 3.06. The number of halogens is 6. The highest BCUT2D eigenvalue weighted by molar-refractivity contribution is 6.32. The van der Waals surface area contributed by atoms with Crippen LogP contribution in [0, 0.1) is 0 Å². The molecular formula is C18H13ClF5N9O3. The number of rotatable bonds is 7. The lowest BCUT2D eigenvalue weighted by Gasteiger charge is -2.18. The predicted molar refractivity (Wildman–Crippen MR) is 112 cm³/mol. The number of nitrogens with zero attached hydrogens (tertiary/aromatic N) is 7. The summed E-state index contributed by atoms with van der Waals surface area (Å²) in [6.07, 6.45) is -1.38. The number of carbonyl (C=O) groups is 1. The minimum Gasteiger partial charge on any atom is -0.386 e. The molecule has 4 aromatic rings. The lowest BCUT2D eigenvalue weighted by atomic mass is 10.2. The van der Waals surface area contributed by atoms with Gasteiger partial charge in [0.1, 0.15) is 6.10 Å². The highest BCUT2D eigenvalue weighted by atomic mass is 35.5. The molecule has 18 heteroatoms. The summed E-state index contributed by atoms with van der Waals surface area (Å²) in [4.78, 5) is 21.7. The van der Waals surface area contributed by atoms with Crippen molar-refractivity contribution in [3.8, 4) is 11.7 Å². The number of urea groups is 1. The second-order valence-electron chi connectivity index (χ2n) is 6.82. The van der Waals surface area contributed by atoms with Gasteiger partial charge in [0.05, 0.1) is 46.9 Å². The van der Waals surface area contributed by atoms with Gasteiger partial charge in [0.25, 0.3) is 0 Å². The van der Waals surface area contributed by atoms with Crippen molar-refractivity contribution in [2.45, 2.75) is 26.0 Å². The van der Waals surface area contributed by atoms with Crippen molar-refractivity contribution in [3.63, 3.8) is 0 Å². The van der Waals surface area contributed by atoms with E-state index in [-0.39, 0.29) is 33.6 Å². The van der Waals surface area contributed by atoms with Crippen LogP contribution in [0.15, 0.2) is 36.9 Å². The summed E-state index contributed by atoms with van der Waals surface area (Å²) in [5.74, 6) is -0.701. The van der Waals surface area contributed by atoms with Gasteiger partial charge in [-0.3, -0.25) is 0 Å². The van der Waals surface area contributed by atoms with Crippen molar-refractivity contribution in [2.24, 2.45) is 0 Å². The van der Waals surface area contributed by atoms with Crippen molar-refractivity contribution >= 4 is 34.7 Å². The summed E-state index contributed by atoms with van der Waals surface area (Å²) < 4.78 is 72.5. The number of hydrogen-bond acceptors (Lipinski definition) is 8. The second kappa shape index (κ2) is 9.86. The van der Waals surface area contributed by atoms with Gasteiger partial charge in [0.2, 0.25) is 5.88 Å². The van der Waals surface area contributed by atoms with Crippen LogP contribution in [0.3, 0.4) is 0 Å². The molecule has 36 heavy (non-hydrogen) atoms. The highest BCUT2D eigenvalue weighted by Gasteiger charge is 2.33. The Balaban J connectivity index is 1.60. The summed E-state index contributed by atoms with van der Waals surface area (Å²) in [6, 6.07) is 1.30. The standard InChI is InChI=1S/C18H13ClF5N9O3/c1-8(35-16(20)21)14-11(7-25-12-5-13(31-32(12)14)36-18(22,23)24)30-17(34)29-9-4-10(19)15(26-6-9)33-27-2-3-28-33/h2-8,16H,1H3,(H2,29,30,34). The quantitative estimate of drug-likeness (QED) is 0.338. The average molecular weight is 534 g/mol. The molecule has 0 radical (unpaired) electrons. The number of pyridine rings is 1. The van der Waals surface area contributed by atoms with E-state index in [1.165, 1.54) is 31.6 Å². The number of aromatic nitrogens is 7. The summed E-state index contributed by atoms with van der Waals surface area (Å²) in [6.45, 7) is -2.05. The van der Waals surface area contributed by atoms with E-state index in [0.717, 1.165) is 21.6 Å². The third-order valence-corrected chi connectivity index (χ3v) is 4.62. The maximum atomic E-state index is 12.9. The summed E-state index contributed by atoms with van der Waals surface area (Å²) in [5.41, 5.74) is -0.463. The molecule has 1 atom stereocenters. The Morgan fingerprint density at radius 2 is 1.83 bits per heavy atom. The van der Waals surface area contributed by atoms with Crippen molar-refractivity contribution in [2.75, 3.05) is 10.6 Å². The van der Waals surface area contributed by atoms with E-state index in [1.54, 1.807) is 0 Å². The number of nitrogens with one attached hydrogen (secondary N) is 2. The Labute approximate surface area is 202 Å². The number of carbonyl (C=O) groups excluding carboxylic acids is 1. The number of alkyl halides is 5. The van der Waals surface area contributed by atoms with Crippen molar-refractivity contribution in [1.82, 2.24) is 34.6 Å². The Morgan fingerprint density at radius 3 is 2.47 bits per heavy atom. The van der Waals surface area contributed by atoms with E-state index >= 15 is 0 Å². The molecular weight excluding hydrogens is 521 g/mol. The van der Waals surface area contributed by atoms with Crippen LogP contribution in [-0.2, 0) is 4.74 Å². The molecule has 12 nitrogen and oxygen atoms in total. The lowest BCUT2D eigenvalue weighted by molar-refractivity contribution is -0.276. The fraction of sp³-hybridized carbons (Fsp3) is 0.222. The molecule has 4 aromatic heterocycles. The number of ether oxygens (including phenoxy) is 2. The minimum atomic E-state index is -5.05. The van der Waals surface area contributed by atoms with Crippen LogP contribution < -0.4 is 15.4 Å². The van der Waals surface area contributed by atoms with Gasteiger partial charge in [0.15, 0.2) is 11.5 Å². The van der Waals surface area contributed by atoms with E-state index in [9.17, 15) is 26.7 Å². The minimum absolute atomic E-state index is 0.0977. The number of fused-ring (bicyclic) bond motifs is 1.